The van der Waals surface area contributed by atoms with Crippen molar-refractivity contribution < 1.29 is 28.5 Å². The zero-order chi connectivity index (χ0) is 13.4. The van der Waals surface area contributed by atoms with E-state index in [1.807, 2.05) is 0 Å². The van der Waals surface area contributed by atoms with Crippen LogP contribution in [0.3, 0.4) is 0 Å². The van der Waals surface area contributed by atoms with Crippen molar-refractivity contribution in [3.63, 3.8) is 0 Å². The Labute approximate surface area is 106 Å². The van der Waals surface area contributed by atoms with Crippen molar-refractivity contribution in [1.82, 2.24) is 4.90 Å². The van der Waals surface area contributed by atoms with Gasteiger partial charge in [0.25, 0.3) is 0 Å². The minimum Gasteiger partial charge on any atom is -0.467 e. The van der Waals surface area contributed by atoms with Crippen LogP contribution in [0.25, 0.3) is 0 Å². The van der Waals surface area contributed by atoms with Gasteiger partial charge in [0.05, 0.1) is 33.5 Å². The minimum absolute atomic E-state index is 0.0166. The molecule has 0 aromatic carbocycles. The van der Waals surface area contributed by atoms with Gasteiger partial charge in [-0.1, -0.05) is 0 Å². The van der Waals surface area contributed by atoms with Crippen LogP contribution in [-0.4, -0.2) is 76.6 Å². The van der Waals surface area contributed by atoms with E-state index < -0.39 is 12.1 Å². The van der Waals surface area contributed by atoms with Gasteiger partial charge >= 0.3 is 5.97 Å². The topological polar surface area (TPSA) is 74.3 Å². The molecule has 0 N–H and O–H groups in total. The molecule has 0 bridgehead atoms. The Morgan fingerprint density at radius 3 is 2.78 bits per heavy atom. The summed E-state index contributed by atoms with van der Waals surface area (Å²) in [5, 5.41) is 0. The molecule has 1 aliphatic rings. The second-order valence-corrected chi connectivity index (χ2v) is 3.77. The van der Waals surface area contributed by atoms with Crippen LogP contribution in [0.4, 0.5) is 0 Å². The molecular formula is C11H19NO6. The number of methoxy groups -OCH3 is 2. The average molecular weight is 261 g/mol. The van der Waals surface area contributed by atoms with E-state index in [9.17, 15) is 9.59 Å². The number of rotatable bonds is 6. The van der Waals surface area contributed by atoms with Crippen LogP contribution in [0.15, 0.2) is 0 Å². The molecule has 0 saturated carbocycles. The second-order valence-electron chi connectivity index (χ2n) is 3.77. The lowest BCUT2D eigenvalue weighted by Crippen LogP contribution is -2.49. The van der Waals surface area contributed by atoms with Gasteiger partial charge in [-0.15, -0.1) is 0 Å². The Morgan fingerprint density at radius 1 is 1.33 bits per heavy atom. The van der Waals surface area contributed by atoms with E-state index in [-0.39, 0.29) is 19.1 Å². The predicted octanol–water partition coefficient (Wildman–Crippen LogP) is -0.950. The maximum atomic E-state index is 11.8. The molecule has 1 unspecified atom stereocenters. The SMILES string of the molecule is COCCOCC(=O)N1CCOC(C(=O)OC)C1. The average Bonchev–Trinajstić information content (AvgIpc) is 2.42. The fourth-order valence-corrected chi connectivity index (χ4v) is 1.54. The maximum absolute atomic E-state index is 11.8. The molecule has 0 aromatic rings. The van der Waals surface area contributed by atoms with E-state index >= 15 is 0 Å². The van der Waals surface area contributed by atoms with Gasteiger partial charge in [0, 0.05) is 13.7 Å². The molecule has 0 spiro atoms. The van der Waals surface area contributed by atoms with Crippen LogP contribution in [0.5, 0.6) is 0 Å². The third kappa shape index (κ3) is 4.59. The van der Waals surface area contributed by atoms with Crippen molar-refractivity contribution >= 4 is 11.9 Å². The summed E-state index contributed by atoms with van der Waals surface area (Å²) in [5.41, 5.74) is 0. The van der Waals surface area contributed by atoms with E-state index in [1.165, 1.54) is 12.0 Å². The summed E-state index contributed by atoms with van der Waals surface area (Å²) < 4.78 is 19.7. The molecule has 1 amide bonds. The van der Waals surface area contributed by atoms with Gasteiger partial charge in [-0.3, -0.25) is 4.79 Å². The van der Waals surface area contributed by atoms with E-state index in [2.05, 4.69) is 4.74 Å². The number of esters is 1. The van der Waals surface area contributed by atoms with Gasteiger partial charge in [0.2, 0.25) is 5.91 Å². The van der Waals surface area contributed by atoms with Gasteiger partial charge < -0.3 is 23.8 Å². The standard InChI is InChI=1S/C11H19NO6/c1-15-5-6-17-8-10(13)12-3-4-18-9(7-12)11(14)16-2/h9H,3-8H2,1-2H3. The lowest BCUT2D eigenvalue weighted by Gasteiger charge is -2.31. The quantitative estimate of drug-likeness (QED) is 0.453. The van der Waals surface area contributed by atoms with Crippen LogP contribution in [0.1, 0.15) is 0 Å². The van der Waals surface area contributed by atoms with Crippen molar-refractivity contribution in [3.05, 3.63) is 0 Å². The molecular weight excluding hydrogens is 242 g/mol. The summed E-state index contributed by atoms with van der Waals surface area (Å²) in [4.78, 5) is 24.6. The number of nitrogens with zero attached hydrogens (tertiary/aromatic N) is 1. The van der Waals surface area contributed by atoms with E-state index in [0.717, 1.165) is 0 Å². The molecule has 0 radical (unpaired) electrons. The third-order valence-corrected chi connectivity index (χ3v) is 2.54. The number of hydrogen-bond acceptors (Lipinski definition) is 6. The first kappa shape index (κ1) is 14.9. The van der Waals surface area contributed by atoms with Gasteiger partial charge in [-0.25, -0.2) is 4.79 Å². The summed E-state index contributed by atoms with van der Waals surface area (Å²) in [7, 11) is 2.86. The number of carbonyl (C=O) groups excluding carboxylic acids is 2. The lowest BCUT2D eigenvalue weighted by atomic mass is 10.2. The molecule has 104 valence electrons. The molecule has 1 saturated heterocycles. The van der Waals surface area contributed by atoms with Crippen molar-refractivity contribution in [2.45, 2.75) is 6.10 Å². The first-order valence-electron chi connectivity index (χ1n) is 5.73. The molecule has 0 aromatic heterocycles. The van der Waals surface area contributed by atoms with Gasteiger partial charge in [0.1, 0.15) is 6.61 Å². The first-order chi connectivity index (χ1) is 8.69. The molecule has 1 rings (SSSR count). The Morgan fingerprint density at radius 2 is 2.11 bits per heavy atom. The molecule has 1 heterocycles. The summed E-state index contributed by atoms with van der Waals surface area (Å²) in [6.45, 7) is 1.79. The van der Waals surface area contributed by atoms with Crippen molar-refractivity contribution in [1.29, 1.82) is 0 Å². The van der Waals surface area contributed by atoms with Crippen LogP contribution in [0.2, 0.25) is 0 Å². The second kappa shape index (κ2) is 8.02. The molecule has 0 aliphatic carbocycles. The van der Waals surface area contributed by atoms with Gasteiger partial charge in [-0.05, 0) is 0 Å². The third-order valence-electron chi connectivity index (χ3n) is 2.54. The monoisotopic (exact) mass is 261 g/mol. The highest BCUT2D eigenvalue weighted by atomic mass is 16.6. The van der Waals surface area contributed by atoms with E-state index in [4.69, 9.17) is 14.2 Å². The zero-order valence-electron chi connectivity index (χ0n) is 10.7. The smallest absolute Gasteiger partial charge is 0.336 e. The van der Waals surface area contributed by atoms with Gasteiger partial charge in [-0.2, -0.15) is 0 Å². The summed E-state index contributed by atoms with van der Waals surface area (Å²) in [5.74, 6) is -0.629. The number of morpholine rings is 1. The maximum Gasteiger partial charge on any atom is 0.336 e. The van der Waals surface area contributed by atoms with Crippen molar-refractivity contribution in [2.24, 2.45) is 0 Å². The Bertz CT molecular complexity index is 283. The predicted molar refractivity (Wildman–Crippen MR) is 61.0 cm³/mol. The summed E-state index contributed by atoms with van der Waals surface area (Å²) >= 11 is 0. The van der Waals surface area contributed by atoms with Crippen LogP contribution >= 0.6 is 0 Å². The summed E-state index contributed by atoms with van der Waals surface area (Å²) in [6, 6.07) is 0. The van der Waals surface area contributed by atoms with Gasteiger partial charge in [0.15, 0.2) is 6.10 Å². The number of amides is 1. The minimum atomic E-state index is -0.702. The van der Waals surface area contributed by atoms with Crippen LogP contribution in [0, 0.1) is 0 Å². The van der Waals surface area contributed by atoms with Crippen LogP contribution in [-0.2, 0) is 28.5 Å². The van der Waals surface area contributed by atoms with E-state index in [1.54, 1.807) is 7.11 Å². The molecule has 1 fully saturated rings. The highest BCUT2D eigenvalue weighted by molar-refractivity contribution is 5.80. The highest BCUT2D eigenvalue weighted by Crippen LogP contribution is 2.07. The Kier molecular flexibility index (Phi) is 6.63. The number of carbonyl (C=O) groups is 2. The lowest BCUT2D eigenvalue weighted by molar-refractivity contribution is -0.163. The Hall–Kier alpha value is -1.18. The number of hydrogen-bond donors (Lipinski definition) is 0. The highest BCUT2D eigenvalue weighted by Gasteiger charge is 2.29. The summed E-state index contributed by atoms with van der Waals surface area (Å²) in [6.07, 6.45) is -0.702. The molecule has 18 heavy (non-hydrogen) atoms. The number of ether oxygens (including phenoxy) is 4. The van der Waals surface area contributed by atoms with Crippen molar-refractivity contribution in [2.75, 3.05) is 53.7 Å². The van der Waals surface area contributed by atoms with Crippen molar-refractivity contribution in [3.8, 4) is 0 Å². The molecule has 7 nitrogen and oxygen atoms in total. The first-order valence-corrected chi connectivity index (χ1v) is 5.73. The Balaban J connectivity index is 2.31. The molecule has 1 atom stereocenters. The zero-order valence-corrected chi connectivity index (χ0v) is 10.7. The normalized spacial score (nSPS) is 19.7. The fourth-order valence-electron chi connectivity index (χ4n) is 1.54. The molecule has 7 heteroatoms. The fraction of sp³-hybridized carbons (Fsp3) is 0.818. The molecule has 1 aliphatic heterocycles. The largest absolute Gasteiger partial charge is 0.467 e. The van der Waals surface area contributed by atoms with Crippen LogP contribution < -0.4 is 0 Å². The van der Waals surface area contributed by atoms with E-state index in [0.29, 0.717) is 26.4 Å².